The molecule has 1 atom stereocenters. The van der Waals surface area contributed by atoms with E-state index in [0.29, 0.717) is 11.6 Å². The molecule has 1 aliphatic heterocycles. The number of rotatable bonds is 2. The van der Waals surface area contributed by atoms with Crippen molar-refractivity contribution in [2.24, 2.45) is 0 Å². The highest BCUT2D eigenvalue weighted by Crippen LogP contribution is 2.27. The molecule has 1 aromatic carbocycles. The van der Waals surface area contributed by atoms with Crippen LogP contribution in [0.2, 0.25) is 0 Å². The van der Waals surface area contributed by atoms with Crippen LogP contribution in [0.1, 0.15) is 28.4 Å². The molecule has 1 fully saturated rings. The highest BCUT2D eigenvalue weighted by Gasteiger charge is 2.21. The molecule has 1 unspecified atom stereocenters. The first-order chi connectivity index (χ1) is 6.68. The first-order valence-electron chi connectivity index (χ1n) is 4.44. The van der Waals surface area contributed by atoms with E-state index in [0.717, 1.165) is 22.1 Å². The smallest absolute Gasteiger partial charge is 0.335 e. The molecule has 3 nitrogen and oxygen atoms in total. The Hall–Kier alpha value is -0.620. The van der Waals surface area contributed by atoms with Gasteiger partial charge in [-0.1, -0.05) is 0 Å². The van der Waals surface area contributed by atoms with E-state index in [1.807, 2.05) is 6.07 Å². The molecule has 0 amide bonds. The zero-order valence-corrected chi connectivity index (χ0v) is 9.61. The number of aromatic carboxylic acids is 1. The largest absolute Gasteiger partial charge is 0.478 e. The van der Waals surface area contributed by atoms with Crippen molar-refractivity contribution >= 4 is 28.6 Å². The minimum Gasteiger partial charge on any atom is -0.478 e. The van der Waals surface area contributed by atoms with Gasteiger partial charge in [0.05, 0.1) is 5.56 Å². The van der Waals surface area contributed by atoms with Crippen molar-refractivity contribution in [2.75, 3.05) is 6.54 Å². The van der Waals surface area contributed by atoms with Crippen LogP contribution >= 0.6 is 22.6 Å². The standard InChI is InChI=1S/C10H10INO2/c11-8-2-1-6(10(13)14)5-7(8)9-3-4-12-9/h1-2,5,9,12H,3-4H2,(H,13,14). The first kappa shape index (κ1) is 9.92. The van der Waals surface area contributed by atoms with Crippen LogP contribution in [0, 0.1) is 3.57 Å². The van der Waals surface area contributed by atoms with Crippen molar-refractivity contribution in [2.45, 2.75) is 12.5 Å². The van der Waals surface area contributed by atoms with Crippen LogP contribution in [0.15, 0.2) is 18.2 Å². The normalized spacial score (nSPS) is 20.2. The lowest BCUT2D eigenvalue weighted by atomic mass is 9.96. The lowest BCUT2D eigenvalue weighted by molar-refractivity contribution is 0.0696. The van der Waals surface area contributed by atoms with Gasteiger partial charge in [-0.15, -0.1) is 0 Å². The monoisotopic (exact) mass is 303 g/mol. The summed E-state index contributed by atoms with van der Waals surface area (Å²) in [4.78, 5) is 10.8. The predicted octanol–water partition coefficient (Wildman–Crippen LogP) is 2.02. The fourth-order valence-electron chi connectivity index (χ4n) is 1.50. The molecule has 14 heavy (non-hydrogen) atoms. The minimum atomic E-state index is -0.859. The molecule has 2 rings (SSSR count). The van der Waals surface area contributed by atoms with Gasteiger partial charge < -0.3 is 10.4 Å². The first-order valence-corrected chi connectivity index (χ1v) is 5.52. The Morgan fingerprint density at radius 2 is 2.29 bits per heavy atom. The van der Waals surface area contributed by atoms with Gasteiger partial charge >= 0.3 is 5.97 Å². The third kappa shape index (κ3) is 1.76. The van der Waals surface area contributed by atoms with Gasteiger partial charge in [-0.25, -0.2) is 4.79 Å². The maximum atomic E-state index is 10.8. The molecule has 0 spiro atoms. The molecule has 74 valence electrons. The Morgan fingerprint density at radius 3 is 2.79 bits per heavy atom. The summed E-state index contributed by atoms with van der Waals surface area (Å²) >= 11 is 2.24. The van der Waals surface area contributed by atoms with Crippen LogP contribution in [0.4, 0.5) is 0 Å². The molecule has 1 aromatic rings. The molecule has 1 aliphatic rings. The Bertz CT molecular complexity index is 374. The van der Waals surface area contributed by atoms with Crippen molar-refractivity contribution in [1.82, 2.24) is 5.32 Å². The molecule has 1 heterocycles. The second-order valence-corrected chi connectivity index (χ2v) is 4.50. The van der Waals surface area contributed by atoms with E-state index < -0.39 is 5.97 Å². The molecule has 2 N–H and O–H groups in total. The topological polar surface area (TPSA) is 49.3 Å². The van der Waals surface area contributed by atoms with Gasteiger partial charge in [-0.05, 0) is 59.3 Å². The van der Waals surface area contributed by atoms with E-state index in [1.165, 1.54) is 0 Å². The van der Waals surface area contributed by atoms with E-state index in [-0.39, 0.29) is 0 Å². The predicted molar refractivity (Wildman–Crippen MR) is 61.5 cm³/mol. The molecule has 0 saturated carbocycles. The van der Waals surface area contributed by atoms with Crippen LogP contribution < -0.4 is 5.32 Å². The molecule has 4 heteroatoms. The SMILES string of the molecule is O=C(O)c1ccc(I)c(C2CCN2)c1. The van der Waals surface area contributed by atoms with E-state index in [4.69, 9.17) is 5.11 Å². The van der Waals surface area contributed by atoms with E-state index >= 15 is 0 Å². The zero-order chi connectivity index (χ0) is 10.1. The molecule has 0 radical (unpaired) electrons. The van der Waals surface area contributed by atoms with Crippen molar-refractivity contribution in [3.63, 3.8) is 0 Å². The maximum Gasteiger partial charge on any atom is 0.335 e. The van der Waals surface area contributed by atoms with Gasteiger partial charge in [0.25, 0.3) is 0 Å². The summed E-state index contributed by atoms with van der Waals surface area (Å²) in [6, 6.07) is 5.62. The molecule has 0 bridgehead atoms. The number of carboxylic acids is 1. The second kappa shape index (κ2) is 3.86. The van der Waals surface area contributed by atoms with Gasteiger partial charge in [0.2, 0.25) is 0 Å². The Morgan fingerprint density at radius 1 is 1.57 bits per heavy atom. The Kier molecular flexibility index (Phi) is 2.73. The fraction of sp³-hybridized carbons (Fsp3) is 0.300. The summed E-state index contributed by atoms with van der Waals surface area (Å²) in [5, 5.41) is 12.1. The maximum absolute atomic E-state index is 10.8. The molecule has 0 aliphatic carbocycles. The van der Waals surface area contributed by atoms with E-state index in [9.17, 15) is 4.79 Å². The number of hydrogen-bond donors (Lipinski definition) is 2. The summed E-state index contributed by atoms with van der Waals surface area (Å²) < 4.78 is 1.13. The summed E-state index contributed by atoms with van der Waals surface area (Å²) in [6.45, 7) is 1.03. The number of carboxylic acid groups (broad SMARTS) is 1. The van der Waals surface area contributed by atoms with Crippen molar-refractivity contribution in [1.29, 1.82) is 0 Å². The molecule has 0 aromatic heterocycles. The van der Waals surface area contributed by atoms with Gasteiger partial charge in [0, 0.05) is 9.61 Å². The lowest BCUT2D eigenvalue weighted by Gasteiger charge is -2.29. The number of hydrogen-bond acceptors (Lipinski definition) is 2. The van der Waals surface area contributed by atoms with Crippen molar-refractivity contribution < 1.29 is 9.90 Å². The summed E-state index contributed by atoms with van der Waals surface area (Å²) in [5.74, 6) is -0.859. The number of halogens is 1. The van der Waals surface area contributed by atoms with Gasteiger partial charge in [0.1, 0.15) is 0 Å². The summed E-state index contributed by atoms with van der Waals surface area (Å²) in [6.07, 6.45) is 1.10. The summed E-state index contributed by atoms with van der Waals surface area (Å²) in [5.41, 5.74) is 1.48. The van der Waals surface area contributed by atoms with Crippen LogP contribution in [0.5, 0.6) is 0 Å². The molecular weight excluding hydrogens is 293 g/mol. The van der Waals surface area contributed by atoms with Crippen LogP contribution in [-0.2, 0) is 0 Å². The van der Waals surface area contributed by atoms with E-state index in [2.05, 4.69) is 27.9 Å². The van der Waals surface area contributed by atoms with Crippen LogP contribution in [0.25, 0.3) is 0 Å². The second-order valence-electron chi connectivity index (χ2n) is 3.34. The van der Waals surface area contributed by atoms with Crippen molar-refractivity contribution in [3.05, 3.63) is 32.9 Å². The van der Waals surface area contributed by atoms with Gasteiger partial charge in [0.15, 0.2) is 0 Å². The van der Waals surface area contributed by atoms with Crippen LogP contribution in [0.3, 0.4) is 0 Å². The summed E-state index contributed by atoms with van der Waals surface area (Å²) in [7, 11) is 0. The highest BCUT2D eigenvalue weighted by molar-refractivity contribution is 14.1. The van der Waals surface area contributed by atoms with Gasteiger partial charge in [-0.2, -0.15) is 0 Å². The molecular formula is C10H10INO2. The number of nitrogens with one attached hydrogen (secondary N) is 1. The average Bonchev–Trinajstić information content (AvgIpc) is 2.05. The highest BCUT2D eigenvalue weighted by atomic mass is 127. The Balaban J connectivity index is 2.36. The number of benzene rings is 1. The third-order valence-corrected chi connectivity index (χ3v) is 3.42. The van der Waals surface area contributed by atoms with Crippen LogP contribution in [-0.4, -0.2) is 17.6 Å². The average molecular weight is 303 g/mol. The number of carbonyl (C=O) groups is 1. The minimum absolute atomic E-state index is 0.348. The molecule has 1 saturated heterocycles. The quantitative estimate of drug-likeness (QED) is 0.822. The lowest BCUT2D eigenvalue weighted by Crippen LogP contribution is -2.35. The Labute approximate surface area is 95.7 Å². The van der Waals surface area contributed by atoms with Gasteiger partial charge in [-0.3, -0.25) is 0 Å². The zero-order valence-electron chi connectivity index (χ0n) is 7.46. The van der Waals surface area contributed by atoms with Crippen molar-refractivity contribution in [3.8, 4) is 0 Å². The van der Waals surface area contributed by atoms with E-state index in [1.54, 1.807) is 12.1 Å². The third-order valence-electron chi connectivity index (χ3n) is 2.44. The fourth-order valence-corrected chi connectivity index (χ4v) is 2.21.